The first kappa shape index (κ1) is 16.6. The van der Waals surface area contributed by atoms with E-state index in [-0.39, 0.29) is 17.8 Å². The third-order valence-electron chi connectivity index (χ3n) is 3.51. The first-order valence-corrected chi connectivity index (χ1v) is 7.31. The predicted molar refractivity (Wildman–Crippen MR) is 80.2 cm³/mol. The zero-order valence-electron chi connectivity index (χ0n) is 12.6. The van der Waals surface area contributed by atoms with Gasteiger partial charge in [0.1, 0.15) is 5.82 Å². The van der Waals surface area contributed by atoms with Crippen molar-refractivity contribution >= 4 is 5.91 Å². The minimum atomic E-state index is -0.205. The van der Waals surface area contributed by atoms with Crippen LogP contribution in [0.5, 0.6) is 0 Å². The molecule has 0 fully saturated rings. The molecule has 0 saturated heterocycles. The molecule has 0 aromatic heterocycles. The van der Waals surface area contributed by atoms with Crippen LogP contribution in [0.3, 0.4) is 0 Å². The first-order chi connectivity index (χ1) is 9.56. The van der Waals surface area contributed by atoms with Crippen molar-refractivity contribution in [1.82, 2.24) is 10.6 Å². The van der Waals surface area contributed by atoms with Gasteiger partial charge in [0.05, 0.1) is 6.54 Å². The highest BCUT2D eigenvalue weighted by Crippen LogP contribution is 2.10. The number of hydrogen-bond donors (Lipinski definition) is 2. The van der Waals surface area contributed by atoms with Crippen LogP contribution in [0.4, 0.5) is 4.39 Å². The lowest BCUT2D eigenvalue weighted by atomic mass is 10.1. The molecule has 0 saturated carbocycles. The first-order valence-electron chi connectivity index (χ1n) is 7.31. The van der Waals surface area contributed by atoms with Crippen molar-refractivity contribution in [2.45, 2.75) is 46.1 Å². The van der Waals surface area contributed by atoms with Gasteiger partial charge in [-0.05, 0) is 56.0 Å². The van der Waals surface area contributed by atoms with Gasteiger partial charge in [0.15, 0.2) is 0 Å². The molecular formula is C16H25FN2O. The van der Waals surface area contributed by atoms with Crippen LogP contribution in [0.1, 0.15) is 37.8 Å². The van der Waals surface area contributed by atoms with Gasteiger partial charge in [-0.2, -0.15) is 0 Å². The topological polar surface area (TPSA) is 41.1 Å². The minimum Gasteiger partial charge on any atom is -0.352 e. The molecule has 1 rings (SSSR count). The maximum atomic E-state index is 13.0. The Morgan fingerprint density at radius 3 is 2.60 bits per heavy atom. The fourth-order valence-electron chi connectivity index (χ4n) is 2.14. The van der Waals surface area contributed by atoms with E-state index in [4.69, 9.17) is 0 Å². The van der Waals surface area contributed by atoms with Crippen molar-refractivity contribution in [3.8, 4) is 0 Å². The molecule has 1 aromatic carbocycles. The molecule has 0 spiro atoms. The lowest BCUT2D eigenvalue weighted by molar-refractivity contribution is -0.121. The van der Waals surface area contributed by atoms with E-state index in [9.17, 15) is 9.18 Å². The second-order valence-corrected chi connectivity index (χ2v) is 5.08. The second kappa shape index (κ2) is 8.69. The highest BCUT2D eigenvalue weighted by molar-refractivity contribution is 5.78. The summed E-state index contributed by atoms with van der Waals surface area (Å²) in [6.45, 7) is 7.08. The number of amides is 1. The van der Waals surface area contributed by atoms with Crippen molar-refractivity contribution in [2.24, 2.45) is 0 Å². The van der Waals surface area contributed by atoms with Gasteiger partial charge < -0.3 is 10.6 Å². The normalized spacial score (nSPS) is 10.8. The quantitative estimate of drug-likeness (QED) is 0.719. The van der Waals surface area contributed by atoms with Crippen molar-refractivity contribution in [3.05, 3.63) is 35.1 Å². The molecular weight excluding hydrogens is 255 g/mol. The summed E-state index contributed by atoms with van der Waals surface area (Å²) in [6, 6.07) is 5.08. The summed E-state index contributed by atoms with van der Waals surface area (Å²) in [4.78, 5) is 11.7. The maximum Gasteiger partial charge on any atom is 0.234 e. The third-order valence-corrected chi connectivity index (χ3v) is 3.51. The number of carbonyl (C=O) groups excluding carboxylic acids is 1. The standard InChI is InChI=1S/C16H25FN2O/c1-4-15(5-2)19-16(20)11-18-9-8-13-6-7-14(17)10-12(13)3/h6-7,10,15,18H,4-5,8-9,11H2,1-3H3,(H,19,20). The average molecular weight is 280 g/mol. The maximum absolute atomic E-state index is 13.0. The molecule has 0 aliphatic carbocycles. The van der Waals surface area contributed by atoms with Crippen LogP contribution in [0.15, 0.2) is 18.2 Å². The Labute approximate surface area is 121 Å². The van der Waals surface area contributed by atoms with Crippen molar-refractivity contribution in [1.29, 1.82) is 0 Å². The average Bonchev–Trinajstić information content (AvgIpc) is 2.42. The van der Waals surface area contributed by atoms with Crippen LogP contribution in [0.25, 0.3) is 0 Å². The Morgan fingerprint density at radius 1 is 1.30 bits per heavy atom. The van der Waals surface area contributed by atoms with Gasteiger partial charge in [0.25, 0.3) is 0 Å². The van der Waals surface area contributed by atoms with Crippen LogP contribution in [0.2, 0.25) is 0 Å². The molecule has 0 radical (unpaired) electrons. The Morgan fingerprint density at radius 2 is 2.00 bits per heavy atom. The van der Waals surface area contributed by atoms with Gasteiger partial charge >= 0.3 is 0 Å². The Bertz CT molecular complexity index is 430. The SMILES string of the molecule is CCC(CC)NC(=O)CNCCc1ccc(F)cc1C. The zero-order chi connectivity index (χ0) is 15.0. The van der Waals surface area contributed by atoms with Crippen LogP contribution in [0, 0.1) is 12.7 Å². The van der Waals surface area contributed by atoms with Gasteiger partial charge in [-0.1, -0.05) is 19.9 Å². The van der Waals surface area contributed by atoms with E-state index in [0.29, 0.717) is 13.1 Å². The van der Waals surface area contributed by atoms with E-state index >= 15 is 0 Å². The Hall–Kier alpha value is -1.42. The lowest BCUT2D eigenvalue weighted by Crippen LogP contribution is -2.40. The van der Waals surface area contributed by atoms with Crippen LogP contribution in [-0.4, -0.2) is 25.0 Å². The van der Waals surface area contributed by atoms with Crippen LogP contribution < -0.4 is 10.6 Å². The highest BCUT2D eigenvalue weighted by atomic mass is 19.1. The van der Waals surface area contributed by atoms with Gasteiger partial charge in [0, 0.05) is 6.04 Å². The molecule has 1 amide bonds. The summed E-state index contributed by atoms with van der Waals surface area (Å²) in [6.07, 6.45) is 2.71. The van der Waals surface area contributed by atoms with Crippen molar-refractivity contribution in [2.75, 3.05) is 13.1 Å². The van der Waals surface area contributed by atoms with Gasteiger partial charge in [0.2, 0.25) is 5.91 Å². The van der Waals surface area contributed by atoms with E-state index in [0.717, 1.165) is 30.4 Å². The van der Waals surface area contributed by atoms with Crippen LogP contribution in [-0.2, 0) is 11.2 Å². The molecule has 0 unspecified atom stereocenters. The van der Waals surface area contributed by atoms with E-state index in [1.165, 1.54) is 12.1 Å². The fraction of sp³-hybridized carbons (Fsp3) is 0.562. The fourth-order valence-corrected chi connectivity index (χ4v) is 2.14. The molecule has 20 heavy (non-hydrogen) atoms. The van der Waals surface area contributed by atoms with Crippen molar-refractivity contribution < 1.29 is 9.18 Å². The summed E-state index contributed by atoms with van der Waals surface area (Å²) in [5, 5.41) is 6.11. The molecule has 112 valence electrons. The Kier molecular flexibility index (Phi) is 7.23. The molecule has 0 aliphatic rings. The predicted octanol–water partition coefficient (Wildman–Crippen LogP) is 2.57. The van der Waals surface area contributed by atoms with E-state index in [1.807, 2.05) is 6.92 Å². The number of benzene rings is 1. The number of rotatable bonds is 8. The summed E-state index contributed by atoms with van der Waals surface area (Å²) in [5.74, 6) is -0.168. The van der Waals surface area contributed by atoms with E-state index in [2.05, 4.69) is 24.5 Å². The second-order valence-electron chi connectivity index (χ2n) is 5.08. The van der Waals surface area contributed by atoms with Gasteiger partial charge in [-0.25, -0.2) is 4.39 Å². The third kappa shape index (κ3) is 5.70. The molecule has 0 aliphatic heterocycles. The number of carbonyl (C=O) groups is 1. The summed E-state index contributed by atoms with van der Waals surface area (Å²) >= 11 is 0. The number of aryl methyl sites for hydroxylation is 1. The van der Waals surface area contributed by atoms with Crippen molar-refractivity contribution in [3.63, 3.8) is 0 Å². The molecule has 3 nitrogen and oxygen atoms in total. The monoisotopic (exact) mass is 280 g/mol. The van der Waals surface area contributed by atoms with E-state index in [1.54, 1.807) is 6.07 Å². The summed E-state index contributed by atoms with van der Waals surface area (Å²) < 4.78 is 13.0. The number of halogens is 1. The number of hydrogen-bond acceptors (Lipinski definition) is 2. The molecule has 4 heteroatoms. The Balaban J connectivity index is 2.26. The van der Waals surface area contributed by atoms with E-state index < -0.39 is 0 Å². The summed E-state index contributed by atoms with van der Waals surface area (Å²) in [7, 11) is 0. The highest BCUT2D eigenvalue weighted by Gasteiger charge is 2.07. The molecule has 1 aromatic rings. The largest absolute Gasteiger partial charge is 0.352 e. The zero-order valence-corrected chi connectivity index (χ0v) is 12.6. The molecule has 2 N–H and O–H groups in total. The smallest absolute Gasteiger partial charge is 0.234 e. The van der Waals surface area contributed by atoms with Gasteiger partial charge in [-0.3, -0.25) is 4.79 Å². The van der Waals surface area contributed by atoms with Gasteiger partial charge in [-0.15, -0.1) is 0 Å². The minimum absolute atomic E-state index is 0.0366. The van der Waals surface area contributed by atoms with Crippen LogP contribution >= 0.6 is 0 Å². The molecule has 0 bridgehead atoms. The molecule has 0 heterocycles. The number of nitrogens with one attached hydrogen (secondary N) is 2. The lowest BCUT2D eigenvalue weighted by Gasteiger charge is -2.15. The molecule has 0 atom stereocenters. The summed E-state index contributed by atoms with van der Waals surface area (Å²) in [5.41, 5.74) is 2.06.